The average Bonchev–Trinajstić information content (AvgIpc) is 3.18. The molecule has 8 heteroatoms. The van der Waals surface area contributed by atoms with Gasteiger partial charge in [-0.25, -0.2) is 9.78 Å². The lowest BCUT2D eigenvalue weighted by Gasteiger charge is -2.24. The van der Waals surface area contributed by atoms with Crippen LogP contribution in [-0.2, 0) is 12.8 Å². The van der Waals surface area contributed by atoms with Crippen LogP contribution < -0.4 is 10.2 Å². The van der Waals surface area contributed by atoms with Gasteiger partial charge >= 0.3 is 6.03 Å². The van der Waals surface area contributed by atoms with E-state index in [0.717, 1.165) is 66.2 Å². The Morgan fingerprint density at radius 1 is 0.972 bits per heavy atom. The Morgan fingerprint density at radius 2 is 1.78 bits per heavy atom. The predicted molar refractivity (Wildman–Crippen MR) is 142 cm³/mol. The Hall–Kier alpha value is -3.94. The molecule has 0 atom stereocenters. The molecular formula is C28H32N6O2. The van der Waals surface area contributed by atoms with Crippen LogP contribution in [0.3, 0.4) is 0 Å². The van der Waals surface area contributed by atoms with E-state index in [9.17, 15) is 4.79 Å². The van der Waals surface area contributed by atoms with E-state index in [1.165, 1.54) is 5.56 Å². The SMILES string of the molecule is CCCc1nc(N2CCCN(C(=O)Nc3ccc(CC)cc3)CC2)c2c(-c3ccccc3)noc2n1. The van der Waals surface area contributed by atoms with Crippen molar-refractivity contribution < 1.29 is 9.32 Å². The average molecular weight is 485 g/mol. The first-order chi connectivity index (χ1) is 17.7. The highest BCUT2D eigenvalue weighted by atomic mass is 16.5. The summed E-state index contributed by atoms with van der Waals surface area (Å²) in [6, 6.07) is 17.9. The number of anilines is 2. The molecule has 8 nitrogen and oxygen atoms in total. The van der Waals surface area contributed by atoms with E-state index in [1.54, 1.807) is 0 Å². The number of urea groups is 1. The Morgan fingerprint density at radius 3 is 2.53 bits per heavy atom. The van der Waals surface area contributed by atoms with Gasteiger partial charge in [0.1, 0.15) is 22.7 Å². The summed E-state index contributed by atoms with van der Waals surface area (Å²) in [6.45, 7) is 6.96. The molecule has 0 unspecified atom stereocenters. The quantitative estimate of drug-likeness (QED) is 0.386. The molecule has 4 aromatic rings. The Bertz CT molecular complexity index is 1320. The van der Waals surface area contributed by atoms with Crippen molar-refractivity contribution in [1.82, 2.24) is 20.0 Å². The molecule has 0 bridgehead atoms. The summed E-state index contributed by atoms with van der Waals surface area (Å²) < 4.78 is 5.69. The molecule has 2 aromatic carbocycles. The lowest BCUT2D eigenvalue weighted by Crippen LogP contribution is -2.38. The number of amides is 2. The van der Waals surface area contributed by atoms with Gasteiger partial charge in [-0.15, -0.1) is 0 Å². The molecule has 186 valence electrons. The summed E-state index contributed by atoms with van der Waals surface area (Å²) in [6.07, 6.45) is 3.52. The first-order valence-corrected chi connectivity index (χ1v) is 12.8. The van der Waals surface area contributed by atoms with Crippen molar-refractivity contribution in [1.29, 1.82) is 0 Å². The van der Waals surface area contributed by atoms with Gasteiger partial charge in [-0.2, -0.15) is 4.98 Å². The van der Waals surface area contributed by atoms with E-state index in [2.05, 4.69) is 46.3 Å². The maximum atomic E-state index is 13.0. The van der Waals surface area contributed by atoms with Crippen molar-refractivity contribution in [2.24, 2.45) is 0 Å². The first-order valence-electron chi connectivity index (χ1n) is 12.8. The molecule has 0 spiro atoms. The topological polar surface area (TPSA) is 87.4 Å². The molecule has 1 saturated heterocycles. The third-order valence-corrected chi connectivity index (χ3v) is 6.58. The minimum Gasteiger partial charge on any atom is -0.354 e. The van der Waals surface area contributed by atoms with Crippen molar-refractivity contribution in [3.63, 3.8) is 0 Å². The molecule has 2 amide bonds. The first kappa shape index (κ1) is 23.8. The number of nitrogens with zero attached hydrogens (tertiary/aromatic N) is 5. The summed E-state index contributed by atoms with van der Waals surface area (Å²) in [5.74, 6) is 1.59. The number of fused-ring (bicyclic) bond motifs is 1. The van der Waals surface area contributed by atoms with Crippen LogP contribution in [-0.4, -0.2) is 52.2 Å². The number of carbonyl (C=O) groups excluding carboxylic acids is 1. The molecular weight excluding hydrogens is 452 g/mol. The van der Waals surface area contributed by atoms with Crippen molar-refractivity contribution in [3.05, 3.63) is 66.0 Å². The molecule has 1 aliphatic rings. The molecule has 0 radical (unpaired) electrons. The maximum Gasteiger partial charge on any atom is 0.321 e. The van der Waals surface area contributed by atoms with Crippen LogP contribution in [0.4, 0.5) is 16.3 Å². The van der Waals surface area contributed by atoms with Gasteiger partial charge in [0.15, 0.2) is 0 Å². The monoisotopic (exact) mass is 484 g/mol. The van der Waals surface area contributed by atoms with Crippen molar-refractivity contribution in [2.45, 2.75) is 39.5 Å². The molecule has 1 fully saturated rings. The number of aromatic nitrogens is 3. The highest BCUT2D eigenvalue weighted by Gasteiger charge is 2.25. The number of hydrogen-bond donors (Lipinski definition) is 1. The van der Waals surface area contributed by atoms with Crippen LogP contribution in [0.1, 0.15) is 38.1 Å². The van der Waals surface area contributed by atoms with E-state index in [0.29, 0.717) is 25.3 Å². The second-order valence-corrected chi connectivity index (χ2v) is 9.10. The van der Waals surface area contributed by atoms with E-state index in [4.69, 9.17) is 9.51 Å². The Kier molecular flexibility index (Phi) is 7.11. The lowest BCUT2D eigenvalue weighted by atomic mass is 10.1. The van der Waals surface area contributed by atoms with Gasteiger partial charge in [-0.1, -0.05) is 61.5 Å². The summed E-state index contributed by atoms with van der Waals surface area (Å²) >= 11 is 0. The summed E-state index contributed by atoms with van der Waals surface area (Å²) in [5.41, 5.74) is 4.29. The predicted octanol–water partition coefficient (Wildman–Crippen LogP) is 5.54. The molecule has 2 aromatic heterocycles. The Balaban J connectivity index is 1.39. The van der Waals surface area contributed by atoms with Crippen molar-refractivity contribution >= 4 is 28.6 Å². The number of hydrogen-bond acceptors (Lipinski definition) is 6. The van der Waals surface area contributed by atoms with Gasteiger partial charge in [0.25, 0.3) is 5.71 Å². The number of carbonyl (C=O) groups is 1. The minimum atomic E-state index is -0.0736. The van der Waals surface area contributed by atoms with Gasteiger partial charge < -0.3 is 19.6 Å². The zero-order valence-electron chi connectivity index (χ0n) is 20.9. The van der Waals surface area contributed by atoms with Crippen LogP contribution in [0, 0.1) is 0 Å². The van der Waals surface area contributed by atoms with Gasteiger partial charge in [-0.05, 0) is 37.0 Å². The fourth-order valence-corrected chi connectivity index (χ4v) is 4.60. The van der Waals surface area contributed by atoms with E-state index < -0.39 is 0 Å². The van der Waals surface area contributed by atoms with Gasteiger partial charge in [0, 0.05) is 43.9 Å². The van der Waals surface area contributed by atoms with Crippen molar-refractivity contribution in [2.75, 3.05) is 36.4 Å². The molecule has 1 N–H and O–H groups in total. The third-order valence-electron chi connectivity index (χ3n) is 6.58. The molecule has 5 rings (SSSR count). The second kappa shape index (κ2) is 10.8. The highest BCUT2D eigenvalue weighted by Crippen LogP contribution is 2.34. The maximum absolute atomic E-state index is 13.0. The number of nitrogens with one attached hydrogen (secondary N) is 1. The standard InChI is InChI=1S/C28H32N6O2/c1-3-9-23-30-26(24-25(32-36-27(24)31-23)21-10-6-5-7-11-21)33-16-8-17-34(19-18-33)28(35)29-22-14-12-20(4-2)13-15-22/h5-7,10-15H,3-4,8-9,16-19H2,1-2H3,(H,29,35). The smallest absolute Gasteiger partial charge is 0.321 e. The fourth-order valence-electron chi connectivity index (χ4n) is 4.60. The van der Waals surface area contributed by atoms with Gasteiger partial charge in [0.05, 0.1) is 0 Å². The van der Waals surface area contributed by atoms with E-state index in [1.807, 2.05) is 47.4 Å². The van der Waals surface area contributed by atoms with Crippen LogP contribution in [0.5, 0.6) is 0 Å². The van der Waals surface area contributed by atoms with Crippen LogP contribution in [0.2, 0.25) is 0 Å². The fraction of sp³-hybridized carbons (Fsp3) is 0.357. The van der Waals surface area contributed by atoms with Crippen LogP contribution >= 0.6 is 0 Å². The van der Waals surface area contributed by atoms with Crippen LogP contribution in [0.25, 0.3) is 22.4 Å². The molecule has 3 heterocycles. The summed E-state index contributed by atoms with van der Waals surface area (Å²) in [5, 5.41) is 8.24. The van der Waals surface area contributed by atoms with Gasteiger partial charge in [0.2, 0.25) is 0 Å². The van der Waals surface area contributed by atoms with E-state index in [-0.39, 0.29) is 6.03 Å². The zero-order chi connectivity index (χ0) is 24.9. The third kappa shape index (κ3) is 5.03. The largest absolute Gasteiger partial charge is 0.354 e. The van der Waals surface area contributed by atoms with Gasteiger partial charge in [-0.3, -0.25) is 0 Å². The second-order valence-electron chi connectivity index (χ2n) is 9.10. The number of rotatable bonds is 6. The lowest BCUT2D eigenvalue weighted by molar-refractivity contribution is 0.215. The minimum absolute atomic E-state index is 0.0736. The molecule has 0 aliphatic carbocycles. The Labute approximate surface area is 211 Å². The summed E-state index contributed by atoms with van der Waals surface area (Å²) in [4.78, 5) is 26.8. The zero-order valence-corrected chi connectivity index (χ0v) is 20.9. The molecule has 36 heavy (non-hydrogen) atoms. The molecule has 1 aliphatic heterocycles. The number of benzene rings is 2. The normalized spacial score (nSPS) is 14.2. The van der Waals surface area contributed by atoms with Crippen LogP contribution in [0.15, 0.2) is 59.1 Å². The van der Waals surface area contributed by atoms with E-state index >= 15 is 0 Å². The number of aryl methyl sites for hydroxylation is 2. The highest BCUT2D eigenvalue weighted by molar-refractivity contribution is 5.98. The van der Waals surface area contributed by atoms with Crippen molar-refractivity contribution in [3.8, 4) is 11.3 Å². The molecule has 0 saturated carbocycles. The summed E-state index contributed by atoms with van der Waals surface area (Å²) in [7, 11) is 0.